The zero-order valence-corrected chi connectivity index (χ0v) is 18.8. The molecule has 0 aromatic heterocycles. The van der Waals surface area contributed by atoms with Crippen molar-refractivity contribution in [3.8, 4) is 0 Å². The average molecular weight is 467 g/mol. The first-order valence-electron chi connectivity index (χ1n) is 9.69. The minimum Gasteiger partial charge on any atom is -0.369 e. The number of hydrogen-bond donors (Lipinski definition) is 2. The number of carbonyl (C=O) groups is 2. The van der Waals surface area contributed by atoms with E-state index in [2.05, 4.69) is 32.8 Å². The van der Waals surface area contributed by atoms with Gasteiger partial charge in [0.25, 0.3) is 0 Å². The van der Waals surface area contributed by atoms with Gasteiger partial charge in [-0.2, -0.15) is 0 Å². The molecule has 3 rings (SSSR count). The van der Waals surface area contributed by atoms with E-state index in [4.69, 9.17) is 23.2 Å². The number of nitrogens with zero attached hydrogens (tertiary/aromatic N) is 2. The molecule has 0 unspecified atom stereocenters. The number of hydrazine groups is 1. The van der Waals surface area contributed by atoms with Crippen LogP contribution in [0.2, 0.25) is 10.0 Å². The van der Waals surface area contributed by atoms with Crippen molar-refractivity contribution in [2.75, 3.05) is 43.4 Å². The van der Waals surface area contributed by atoms with Crippen molar-refractivity contribution in [2.24, 2.45) is 0 Å². The Morgan fingerprint density at radius 1 is 0.933 bits per heavy atom. The molecule has 6 nitrogen and oxygen atoms in total. The lowest BCUT2D eigenvalue weighted by Gasteiger charge is -2.36. The molecule has 0 bridgehead atoms. The first-order chi connectivity index (χ1) is 14.5. The third-order valence-electron chi connectivity index (χ3n) is 4.74. The Morgan fingerprint density at radius 2 is 1.63 bits per heavy atom. The summed E-state index contributed by atoms with van der Waals surface area (Å²) in [6.45, 7) is 4.35. The molecule has 1 aliphatic rings. The summed E-state index contributed by atoms with van der Waals surface area (Å²) in [5.74, 6) is -0.387. The van der Waals surface area contributed by atoms with E-state index in [1.54, 1.807) is 18.2 Å². The summed E-state index contributed by atoms with van der Waals surface area (Å²) < 4.78 is 0. The normalized spacial score (nSPS) is 14.4. The summed E-state index contributed by atoms with van der Waals surface area (Å²) in [4.78, 5) is 29.3. The number of benzene rings is 2. The van der Waals surface area contributed by atoms with Crippen molar-refractivity contribution < 1.29 is 9.59 Å². The molecule has 2 amide bonds. The van der Waals surface area contributed by atoms with Gasteiger partial charge in [0.15, 0.2) is 0 Å². The Labute approximate surface area is 190 Å². The van der Waals surface area contributed by atoms with E-state index in [0.717, 1.165) is 31.1 Å². The highest BCUT2D eigenvalue weighted by Gasteiger charge is 2.17. The summed E-state index contributed by atoms with van der Waals surface area (Å²) >= 11 is 13.3. The Morgan fingerprint density at radius 3 is 2.37 bits per heavy atom. The fraction of sp³-hybridized carbons (Fsp3) is 0.333. The Kier molecular flexibility index (Phi) is 8.69. The number of halogens is 2. The lowest BCUT2D eigenvalue weighted by molar-refractivity contribution is -0.127. The summed E-state index contributed by atoms with van der Waals surface area (Å²) in [6, 6.07) is 15.4. The van der Waals surface area contributed by atoms with Gasteiger partial charge < -0.3 is 4.90 Å². The van der Waals surface area contributed by atoms with Gasteiger partial charge in [0.2, 0.25) is 11.8 Å². The van der Waals surface area contributed by atoms with Crippen LogP contribution in [0.15, 0.2) is 53.4 Å². The van der Waals surface area contributed by atoms with Gasteiger partial charge >= 0.3 is 0 Å². The van der Waals surface area contributed by atoms with Crippen LogP contribution in [0.4, 0.5) is 5.69 Å². The monoisotopic (exact) mass is 466 g/mol. The van der Waals surface area contributed by atoms with Gasteiger partial charge in [-0.25, -0.2) is 0 Å². The summed E-state index contributed by atoms with van der Waals surface area (Å²) in [5, 5.41) is 1.09. The zero-order chi connectivity index (χ0) is 21.3. The fourth-order valence-corrected chi connectivity index (χ4v) is 4.39. The molecule has 30 heavy (non-hydrogen) atoms. The molecular weight excluding hydrogens is 443 g/mol. The second-order valence-corrected chi connectivity index (χ2v) is 8.73. The molecule has 0 atom stereocenters. The SMILES string of the molecule is O=C(CCN1CCN(c2ccccc2)CC1)NNC(=O)CSc1cc(Cl)ccc1Cl. The Hall–Kier alpha value is -1.93. The van der Waals surface area contributed by atoms with E-state index < -0.39 is 0 Å². The molecule has 0 aliphatic carbocycles. The zero-order valence-electron chi connectivity index (χ0n) is 16.4. The number of hydrogen-bond acceptors (Lipinski definition) is 5. The molecule has 0 spiro atoms. The highest BCUT2D eigenvalue weighted by atomic mass is 35.5. The molecule has 1 aliphatic heterocycles. The van der Waals surface area contributed by atoms with Crippen LogP contribution in [0.1, 0.15) is 6.42 Å². The summed E-state index contributed by atoms with van der Waals surface area (Å²) in [5.41, 5.74) is 6.14. The van der Waals surface area contributed by atoms with Crippen molar-refractivity contribution in [2.45, 2.75) is 11.3 Å². The van der Waals surface area contributed by atoms with Crippen LogP contribution in [0.3, 0.4) is 0 Å². The molecule has 0 radical (unpaired) electrons. The van der Waals surface area contributed by atoms with Gasteiger partial charge in [0.05, 0.1) is 10.8 Å². The van der Waals surface area contributed by atoms with E-state index in [0.29, 0.717) is 23.0 Å². The van der Waals surface area contributed by atoms with Crippen molar-refractivity contribution in [3.05, 3.63) is 58.6 Å². The van der Waals surface area contributed by atoms with E-state index in [1.807, 2.05) is 18.2 Å². The number of rotatable bonds is 7. The number of para-hydroxylation sites is 1. The van der Waals surface area contributed by atoms with Crippen molar-refractivity contribution in [1.29, 1.82) is 0 Å². The van der Waals surface area contributed by atoms with Gasteiger partial charge in [0.1, 0.15) is 0 Å². The van der Waals surface area contributed by atoms with Gasteiger partial charge in [-0.3, -0.25) is 25.3 Å². The average Bonchev–Trinajstić information content (AvgIpc) is 2.77. The van der Waals surface area contributed by atoms with Crippen LogP contribution in [0, 0.1) is 0 Å². The number of nitrogens with one attached hydrogen (secondary N) is 2. The topological polar surface area (TPSA) is 64.7 Å². The standard InChI is InChI=1S/C21H24Cl2N4O2S/c22-16-6-7-18(23)19(14-16)30-15-21(29)25-24-20(28)8-9-26-10-12-27(13-11-26)17-4-2-1-3-5-17/h1-7,14H,8-13,15H2,(H,24,28)(H,25,29). The molecule has 2 aromatic rings. The van der Waals surface area contributed by atoms with Crippen molar-refractivity contribution in [1.82, 2.24) is 15.8 Å². The summed E-state index contributed by atoms with van der Waals surface area (Å²) in [6.07, 6.45) is 0.332. The number of anilines is 1. The maximum absolute atomic E-state index is 12.0. The second kappa shape index (κ2) is 11.5. The van der Waals surface area contributed by atoms with Gasteiger partial charge in [-0.15, -0.1) is 11.8 Å². The first kappa shape index (κ1) is 22.7. The maximum atomic E-state index is 12.0. The first-order valence-corrected chi connectivity index (χ1v) is 11.4. The van der Waals surface area contributed by atoms with Gasteiger partial charge in [-0.05, 0) is 30.3 Å². The van der Waals surface area contributed by atoms with E-state index in [9.17, 15) is 9.59 Å². The third kappa shape index (κ3) is 7.09. The van der Waals surface area contributed by atoms with Crippen LogP contribution in [-0.2, 0) is 9.59 Å². The van der Waals surface area contributed by atoms with Gasteiger partial charge in [0, 0.05) is 54.8 Å². The Balaban J connectivity index is 1.30. The minimum atomic E-state index is -0.305. The molecule has 1 saturated heterocycles. The lowest BCUT2D eigenvalue weighted by atomic mass is 10.2. The number of piperazine rings is 1. The van der Waals surface area contributed by atoms with E-state index >= 15 is 0 Å². The highest BCUT2D eigenvalue weighted by molar-refractivity contribution is 8.00. The smallest absolute Gasteiger partial charge is 0.248 e. The Bertz CT molecular complexity index is 861. The number of carbonyl (C=O) groups excluding carboxylic acids is 2. The molecular formula is C21H24Cl2N4O2S. The number of thioether (sulfide) groups is 1. The second-order valence-electron chi connectivity index (χ2n) is 6.87. The molecule has 0 saturated carbocycles. The number of amides is 2. The minimum absolute atomic E-state index is 0.127. The van der Waals surface area contributed by atoms with Crippen LogP contribution in [0.5, 0.6) is 0 Å². The maximum Gasteiger partial charge on any atom is 0.248 e. The highest BCUT2D eigenvalue weighted by Crippen LogP contribution is 2.29. The third-order valence-corrected chi connectivity index (χ3v) is 6.47. The van der Waals surface area contributed by atoms with Crippen LogP contribution in [0.25, 0.3) is 0 Å². The van der Waals surface area contributed by atoms with Crippen LogP contribution < -0.4 is 15.8 Å². The van der Waals surface area contributed by atoms with E-state index in [1.165, 1.54) is 17.4 Å². The molecule has 9 heteroatoms. The molecule has 2 aromatic carbocycles. The molecule has 160 valence electrons. The van der Waals surface area contributed by atoms with Crippen molar-refractivity contribution >= 4 is 52.5 Å². The van der Waals surface area contributed by atoms with Gasteiger partial charge in [-0.1, -0.05) is 41.4 Å². The predicted molar refractivity (Wildman–Crippen MR) is 123 cm³/mol. The summed E-state index contributed by atoms with van der Waals surface area (Å²) in [7, 11) is 0. The van der Waals surface area contributed by atoms with Crippen LogP contribution >= 0.6 is 35.0 Å². The van der Waals surface area contributed by atoms with Crippen molar-refractivity contribution in [3.63, 3.8) is 0 Å². The fourth-order valence-electron chi connectivity index (χ4n) is 3.10. The predicted octanol–water partition coefficient (Wildman–Crippen LogP) is 3.45. The van der Waals surface area contributed by atoms with E-state index in [-0.39, 0.29) is 17.6 Å². The molecule has 1 heterocycles. The largest absolute Gasteiger partial charge is 0.369 e. The lowest BCUT2D eigenvalue weighted by Crippen LogP contribution is -2.48. The van der Waals surface area contributed by atoms with Crippen LogP contribution in [-0.4, -0.2) is 55.2 Å². The quantitative estimate of drug-likeness (QED) is 0.483. The molecule has 1 fully saturated rings. The molecule has 2 N–H and O–H groups in total.